The number of benzene rings is 2. The van der Waals surface area contributed by atoms with Gasteiger partial charge in [0.25, 0.3) is 0 Å². The lowest BCUT2D eigenvalue weighted by Crippen LogP contribution is -2.55. The van der Waals surface area contributed by atoms with Gasteiger partial charge in [-0.1, -0.05) is 41.9 Å². The van der Waals surface area contributed by atoms with E-state index in [1.165, 1.54) is 17.9 Å². The maximum Gasteiger partial charge on any atom is 0.495 e. The molecule has 0 spiro atoms. The van der Waals surface area contributed by atoms with E-state index >= 15 is 0 Å². The number of tetrazole rings is 1. The molecule has 2 heterocycles. The summed E-state index contributed by atoms with van der Waals surface area (Å²) in [7, 11) is 0. The van der Waals surface area contributed by atoms with Crippen LogP contribution < -0.4 is 10.6 Å². The fourth-order valence-electron chi connectivity index (χ4n) is 4.89. The number of aromatic nitrogens is 4. The molecule has 45 heavy (non-hydrogen) atoms. The molecule has 0 saturated carbocycles. The van der Waals surface area contributed by atoms with Gasteiger partial charge in [-0.25, -0.2) is 24.0 Å². The smallest absolute Gasteiger partial charge is 0.350 e. The third-order valence-electron chi connectivity index (χ3n) is 7.17. The lowest BCUT2D eigenvalue weighted by atomic mass is 9.84. The van der Waals surface area contributed by atoms with Crippen LogP contribution in [0.5, 0.6) is 0 Å². The maximum absolute atomic E-state index is 13.5. The van der Waals surface area contributed by atoms with E-state index in [0.29, 0.717) is 35.7 Å². The zero-order valence-electron chi connectivity index (χ0n) is 23.9. The van der Waals surface area contributed by atoms with Crippen LogP contribution in [0.2, 0.25) is 5.02 Å². The molecule has 13 nitrogen and oxygen atoms in total. The highest BCUT2D eigenvalue weighted by atomic mass is 35.5. The summed E-state index contributed by atoms with van der Waals surface area (Å²) in [5.74, 6) is -4.84. The van der Waals surface area contributed by atoms with Crippen molar-refractivity contribution in [2.45, 2.75) is 56.9 Å². The number of nitrogens with zero attached hydrogens (tertiary/aromatic N) is 5. The normalized spacial score (nSPS) is 17.6. The van der Waals surface area contributed by atoms with Gasteiger partial charge in [-0.3, -0.25) is 14.5 Å². The highest BCUT2D eigenvalue weighted by molar-refractivity contribution is 6.30. The number of piperidine rings is 1. The first-order valence-electron chi connectivity index (χ1n) is 13.8. The first-order valence-corrected chi connectivity index (χ1v) is 14.2. The molecule has 17 heteroatoms. The van der Waals surface area contributed by atoms with Gasteiger partial charge in [0.1, 0.15) is 12.4 Å². The van der Waals surface area contributed by atoms with E-state index in [1.807, 2.05) is 30.3 Å². The second-order valence-corrected chi connectivity index (χ2v) is 10.7. The lowest BCUT2D eigenvalue weighted by molar-refractivity contribution is -0.286. The zero-order valence-corrected chi connectivity index (χ0v) is 24.6. The molecule has 2 aromatic carbocycles. The number of nitrogens with one attached hydrogen (secondary N) is 2. The van der Waals surface area contributed by atoms with Crippen LogP contribution in [0.15, 0.2) is 54.9 Å². The topological polar surface area (TPSA) is 158 Å². The van der Waals surface area contributed by atoms with Gasteiger partial charge in [0.15, 0.2) is 0 Å². The largest absolute Gasteiger partial charge is 0.495 e. The highest BCUT2D eigenvalue weighted by Gasteiger charge is 2.43. The number of amides is 2. The van der Waals surface area contributed by atoms with Crippen LogP contribution in [-0.4, -0.2) is 80.2 Å². The number of halogens is 4. The Morgan fingerprint density at radius 1 is 1.11 bits per heavy atom. The third kappa shape index (κ3) is 9.21. The van der Waals surface area contributed by atoms with Gasteiger partial charge in [-0.05, 0) is 72.0 Å². The van der Waals surface area contributed by atoms with Crippen LogP contribution in [0.25, 0.3) is 5.69 Å². The van der Waals surface area contributed by atoms with Gasteiger partial charge in [0.2, 0.25) is 11.8 Å². The van der Waals surface area contributed by atoms with E-state index in [9.17, 15) is 32.3 Å². The molecule has 0 aliphatic carbocycles. The molecule has 240 valence electrons. The minimum Gasteiger partial charge on any atom is -0.350 e. The van der Waals surface area contributed by atoms with Crippen LogP contribution >= 0.6 is 11.6 Å². The highest BCUT2D eigenvalue weighted by Crippen LogP contribution is 2.32. The molecule has 2 amide bonds. The van der Waals surface area contributed by atoms with Crippen LogP contribution in [0.4, 0.5) is 13.2 Å². The number of alkyl halides is 3. The van der Waals surface area contributed by atoms with Gasteiger partial charge < -0.3 is 10.6 Å². The van der Waals surface area contributed by atoms with E-state index in [-0.39, 0.29) is 19.0 Å². The Morgan fingerprint density at radius 2 is 1.87 bits per heavy atom. The second kappa shape index (κ2) is 14.9. The Hall–Kier alpha value is -4.57. The minimum absolute atomic E-state index is 0.00505. The van der Waals surface area contributed by atoms with Gasteiger partial charge in [0, 0.05) is 18.1 Å². The van der Waals surface area contributed by atoms with Crippen molar-refractivity contribution in [3.8, 4) is 5.69 Å². The number of hydrogen-bond donors (Lipinski definition) is 2. The van der Waals surface area contributed by atoms with Crippen molar-refractivity contribution in [2.75, 3.05) is 13.1 Å². The Morgan fingerprint density at radius 3 is 2.56 bits per heavy atom. The number of carbonyl (C=O) groups is 4. The molecule has 0 radical (unpaired) electrons. The fourth-order valence-corrected chi connectivity index (χ4v) is 5.09. The third-order valence-corrected chi connectivity index (χ3v) is 7.41. The predicted octanol–water partition coefficient (Wildman–Crippen LogP) is 2.64. The molecular weight excluding hydrogens is 623 g/mol. The van der Waals surface area contributed by atoms with Crippen molar-refractivity contribution in [3.05, 3.63) is 71.0 Å². The summed E-state index contributed by atoms with van der Waals surface area (Å²) >= 11 is 6.14. The summed E-state index contributed by atoms with van der Waals surface area (Å²) in [5.41, 5.74) is 2.23. The van der Waals surface area contributed by atoms with Gasteiger partial charge in [-0.15, -0.1) is 5.10 Å². The Kier molecular flexibility index (Phi) is 11.1. The molecule has 1 aromatic heterocycles. The van der Waals surface area contributed by atoms with E-state index < -0.39 is 48.4 Å². The average Bonchev–Trinajstić information content (AvgIpc) is 3.56. The standard InChI is InChI=1S/C28H29ClF3N7O6/c1-17(25(41)33-15-20-13-21(29)7-8-22(20)39-16-34-36-37-39)35-26(42)23-14-19(18-5-3-2-4-6-18)9-11-38(23)12-10-24(40)44-45-27(43)28(30,31)32/h2-8,13,16-17,19,23H,9-12,14-15H2,1H3,(H,33,41)(H,35,42)/t17-,19-,23+/m0/s1. The van der Waals surface area contributed by atoms with E-state index in [0.717, 1.165) is 5.56 Å². The molecule has 3 aromatic rings. The van der Waals surface area contributed by atoms with Crippen molar-refractivity contribution < 1.29 is 42.1 Å². The summed E-state index contributed by atoms with van der Waals surface area (Å²) in [4.78, 5) is 58.5. The van der Waals surface area contributed by atoms with Crippen LogP contribution in [0, 0.1) is 0 Å². The van der Waals surface area contributed by atoms with Crippen LogP contribution in [0.1, 0.15) is 43.2 Å². The molecule has 1 fully saturated rings. The zero-order chi connectivity index (χ0) is 32.6. The summed E-state index contributed by atoms with van der Waals surface area (Å²) in [6, 6.07) is 12.8. The first kappa shape index (κ1) is 33.3. The molecular formula is C28H29ClF3N7O6. The van der Waals surface area contributed by atoms with Gasteiger partial charge in [-0.2, -0.15) is 13.2 Å². The number of rotatable bonds is 10. The summed E-state index contributed by atoms with van der Waals surface area (Å²) in [6.45, 7) is 1.86. The van der Waals surface area contributed by atoms with Crippen molar-refractivity contribution in [1.29, 1.82) is 0 Å². The Labute approximate surface area is 259 Å². The Bertz CT molecular complexity index is 1490. The molecule has 0 bridgehead atoms. The Balaban J connectivity index is 1.38. The van der Waals surface area contributed by atoms with Crippen molar-refractivity contribution in [1.82, 2.24) is 35.7 Å². The molecule has 0 unspecified atom stereocenters. The summed E-state index contributed by atoms with van der Waals surface area (Å²) < 4.78 is 38.4. The molecule has 3 atom stereocenters. The molecule has 1 aliphatic heterocycles. The molecule has 1 aliphatic rings. The SMILES string of the molecule is C[C@H](NC(=O)[C@H]1C[C@@H](c2ccccc2)CCN1CCC(=O)OOC(=O)C(F)(F)F)C(=O)NCc1cc(Cl)ccc1-n1cnnn1. The summed E-state index contributed by atoms with van der Waals surface area (Å²) in [6.07, 6.45) is -3.41. The maximum atomic E-state index is 13.5. The average molecular weight is 652 g/mol. The summed E-state index contributed by atoms with van der Waals surface area (Å²) in [5, 5.41) is 17.0. The van der Waals surface area contributed by atoms with Crippen molar-refractivity contribution >= 4 is 35.4 Å². The van der Waals surface area contributed by atoms with Crippen LogP contribution in [-0.2, 0) is 35.5 Å². The predicted molar refractivity (Wildman–Crippen MR) is 150 cm³/mol. The van der Waals surface area contributed by atoms with Crippen molar-refractivity contribution in [2.24, 2.45) is 0 Å². The number of carbonyl (C=O) groups excluding carboxylic acids is 4. The van der Waals surface area contributed by atoms with Crippen LogP contribution in [0.3, 0.4) is 0 Å². The number of hydrogen-bond acceptors (Lipinski definition) is 10. The minimum atomic E-state index is -5.32. The fraction of sp³-hybridized carbons (Fsp3) is 0.393. The quantitative estimate of drug-likeness (QED) is 0.247. The van der Waals surface area contributed by atoms with Gasteiger partial charge >= 0.3 is 18.1 Å². The van der Waals surface area contributed by atoms with Gasteiger partial charge in [0.05, 0.1) is 18.2 Å². The molecule has 2 N–H and O–H groups in total. The van der Waals surface area contributed by atoms with E-state index in [1.54, 1.807) is 23.1 Å². The molecule has 1 saturated heterocycles. The van der Waals surface area contributed by atoms with E-state index in [2.05, 4.69) is 35.9 Å². The van der Waals surface area contributed by atoms with Crippen molar-refractivity contribution in [3.63, 3.8) is 0 Å². The number of likely N-dealkylation sites (tertiary alicyclic amines) is 1. The first-order chi connectivity index (χ1) is 21.4. The molecule has 4 rings (SSSR count). The second-order valence-electron chi connectivity index (χ2n) is 10.2. The lowest BCUT2D eigenvalue weighted by Gasteiger charge is -2.39. The van der Waals surface area contributed by atoms with E-state index in [4.69, 9.17) is 11.6 Å². The monoisotopic (exact) mass is 651 g/mol.